The van der Waals surface area contributed by atoms with Gasteiger partial charge < -0.3 is 10.1 Å². The molecule has 1 atom stereocenters. The fourth-order valence-corrected chi connectivity index (χ4v) is 3.31. The molecule has 20 heavy (non-hydrogen) atoms. The summed E-state index contributed by atoms with van der Waals surface area (Å²) in [6, 6.07) is 0.697. The summed E-state index contributed by atoms with van der Waals surface area (Å²) in [6.07, 6.45) is 4.90. The van der Waals surface area contributed by atoms with Crippen molar-refractivity contribution in [2.75, 3.05) is 32.8 Å². The van der Waals surface area contributed by atoms with E-state index in [9.17, 15) is 0 Å². The Hall–Kier alpha value is -0.120. The highest BCUT2D eigenvalue weighted by Crippen LogP contribution is 2.25. The summed E-state index contributed by atoms with van der Waals surface area (Å²) in [5, 5.41) is 3.85. The van der Waals surface area contributed by atoms with Crippen LogP contribution in [0.4, 0.5) is 0 Å². The minimum absolute atomic E-state index is 0.332. The van der Waals surface area contributed by atoms with Gasteiger partial charge in [-0.3, -0.25) is 4.90 Å². The van der Waals surface area contributed by atoms with Crippen LogP contribution in [0.3, 0.4) is 0 Å². The van der Waals surface area contributed by atoms with Crippen LogP contribution in [0, 0.1) is 5.92 Å². The summed E-state index contributed by atoms with van der Waals surface area (Å²) in [5.41, 5.74) is 0.332. The van der Waals surface area contributed by atoms with Crippen molar-refractivity contribution in [3.8, 4) is 0 Å². The predicted molar refractivity (Wildman–Crippen MR) is 87.2 cm³/mol. The van der Waals surface area contributed by atoms with E-state index in [-0.39, 0.29) is 0 Å². The lowest BCUT2D eigenvalue weighted by Crippen LogP contribution is -2.64. The average Bonchev–Trinajstić information content (AvgIpc) is 2.45. The van der Waals surface area contributed by atoms with E-state index in [0.717, 1.165) is 32.1 Å². The van der Waals surface area contributed by atoms with E-state index in [2.05, 4.69) is 44.8 Å². The molecule has 1 rings (SSSR count). The molecule has 0 aliphatic carbocycles. The normalized spacial score (nSPS) is 23.4. The van der Waals surface area contributed by atoms with Crippen molar-refractivity contribution in [2.24, 2.45) is 5.92 Å². The highest BCUT2D eigenvalue weighted by Gasteiger charge is 2.36. The predicted octanol–water partition coefficient (Wildman–Crippen LogP) is 3.29. The number of ether oxygens (including phenoxy) is 1. The van der Waals surface area contributed by atoms with Crippen molar-refractivity contribution >= 4 is 0 Å². The summed E-state index contributed by atoms with van der Waals surface area (Å²) in [5.74, 6) is 0.770. The fraction of sp³-hybridized carbons (Fsp3) is 1.00. The minimum Gasteiger partial charge on any atom is -0.382 e. The second-order valence-corrected chi connectivity index (χ2v) is 6.67. The van der Waals surface area contributed by atoms with Crippen LogP contribution in [-0.4, -0.2) is 49.3 Å². The molecule has 1 fully saturated rings. The molecule has 0 amide bonds. The summed E-state index contributed by atoms with van der Waals surface area (Å²) in [6.45, 7) is 16.6. The quantitative estimate of drug-likeness (QED) is 0.658. The summed E-state index contributed by atoms with van der Waals surface area (Å²) < 4.78 is 5.50. The molecule has 1 aliphatic rings. The molecule has 0 aromatic carbocycles. The first-order valence-electron chi connectivity index (χ1n) is 8.63. The van der Waals surface area contributed by atoms with Gasteiger partial charge in [0.15, 0.2) is 0 Å². The van der Waals surface area contributed by atoms with E-state index < -0.39 is 0 Å². The Balaban J connectivity index is 2.57. The van der Waals surface area contributed by atoms with Gasteiger partial charge in [-0.05, 0) is 38.5 Å². The van der Waals surface area contributed by atoms with Crippen LogP contribution in [0.5, 0.6) is 0 Å². The number of nitrogens with zero attached hydrogens (tertiary/aromatic N) is 1. The Morgan fingerprint density at radius 3 is 2.50 bits per heavy atom. The zero-order valence-electron chi connectivity index (χ0n) is 14.4. The molecule has 0 bridgehead atoms. The summed E-state index contributed by atoms with van der Waals surface area (Å²) in [7, 11) is 0. The zero-order chi connectivity index (χ0) is 15.0. The third-order valence-corrected chi connectivity index (χ3v) is 4.77. The van der Waals surface area contributed by atoms with Crippen molar-refractivity contribution in [1.82, 2.24) is 10.2 Å². The smallest absolute Gasteiger partial charge is 0.0478 e. The monoisotopic (exact) mass is 284 g/mol. The third kappa shape index (κ3) is 5.34. The van der Waals surface area contributed by atoms with E-state index in [1.165, 1.54) is 32.4 Å². The molecule has 1 saturated heterocycles. The first kappa shape index (κ1) is 17.9. The van der Waals surface area contributed by atoms with Gasteiger partial charge >= 0.3 is 0 Å². The molecule has 0 aromatic heterocycles. The zero-order valence-corrected chi connectivity index (χ0v) is 14.4. The van der Waals surface area contributed by atoms with E-state index in [1.807, 2.05) is 0 Å². The SMILES string of the molecule is CCOCCCN1CC(CC)(CC)NCC1CC(C)C. The molecule has 1 N–H and O–H groups in total. The van der Waals surface area contributed by atoms with Crippen LogP contribution in [-0.2, 0) is 4.74 Å². The largest absolute Gasteiger partial charge is 0.382 e. The maximum Gasteiger partial charge on any atom is 0.0478 e. The number of rotatable bonds is 9. The van der Waals surface area contributed by atoms with Crippen molar-refractivity contribution in [3.63, 3.8) is 0 Å². The molecule has 0 radical (unpaired) electrons. The first-order chi connectivity index (χ1) is 9.56. The Morgan fingerprint density at radius 1 is 1.25 bits per heavy atom. The van der Waals surface area contributed by atoms with Crippen LogP contribution >= 0.6 is 0 Å². The van der Waals surface area contributed by atoms with Crippen molar-refractivity contribution in [2.45, 2.75) is 71.9 Å². The highest BCUT2D eigenvalue weighted by atomic mass is 16.5. The van der Waals surface area contributed by atoms with Crippen molar-refractivity contribution < 1.29 is 4.74 Å². The molecule has 1 unspecified atom stereocenters. The number of hydrogen-bond acceptors (Lipinski definition) is 3. The van der Waals surface area contributed by atoms with Crippen LogP contribution < -0.4 is 5.32 Å². The molecule has 120 valence electrons. The number of piperazine rings is 1. The molecule has 1 heterocycles. The lowest BCUT2D eigenvalue weighted by molar-refractivity contribution is 0.0509. The Labute approximate surface area is 126 Å². The minimum atomic E-state index is 0.332. The molecular weight excluding hydrogens is 248 g/mol. The van der Waals surface area contributed by atoms with Crippen LogP contribution in [0.2, 0.25) is 0 Å². The van der Waals surface area contributed by atoms with E-state index >= 15 is 0 Å². The molecule has 0 spiro atoms. The molecule has 0 aromatic rings. The third-order valence-electron chi connectivity index (χ3n) is 4.77. The molecular formula is C17H36N2O. The average molecular weight is 284 g/mol. The second-order valence-electron chi connectivity index (χ2n) is 6.67. The Kier molecular flexibility index (Phi) is 8.08. The van der Waals surface area contributed by atoms with Crippen molar-refractivity contribution in [3.05, 3.63) is 0 Å². The van der Waals surface area contributed by atoms with Crippen LogP contribution in [0.15, 0.2) is 0 Å². The summed E-state index contributed by atoms with van der Waals surface area (Å²) >= 11 is 0. The highest BCUT2D eigenvalue weighted by molar-refractivity contribution is 4.96. The first-order valence-corrected chi connectivity index (χ1v) is 8.63. The topological polar surface area (TPSA) is 24.5 Å². The van der Waals surface area contributed by atoms with E-state index in [0.29, 0.717) is 11.6 Å². The molecule has 0 saturated carbocycles. The van der Waals surface area contributed by atoms with Gasteiger partial charge in [0.2, 0.25) is 0 Å². The maximum absolute atomic E-state index is 5.50. The Bertz CT molecular complexity index is 251. The van der Waals surface area contributed by atoms with Gasteiger partial charge in [0.25, 0.3) is 0 Å². The molecule has 3 heteroatoms. The van der Waals surface area contributed by atoms with E-state index in [1.54, 1.807) is 0 Å². The van der Waals surface area contributed by atoms with Gasteiger partial charge in [-0.1, -0.05) is 27.7 Å². The summed E-state index contributed by atoms with van der Waals surface area (Å²) in [4.78, 5) is 2.72. The van der Waals surface area contributed by atoms with Crippen LogP contribution in [0.1, 0.15) is 60.3 Å². The van der Waals surface area contributed by atoms with Gasteiger partial charge in [-0.15, -0.1) is 0 Å². The van der Waals surface area contributed by atoms with Gasteiger partial charge in [0, 0.05) is 44.4 Å². The van der Waals surface area contributed by atoms with Gasteiger partial charge in [0.1, 0.15) is 0 Å². The van der Waals surface area contributed by atoms with Gasteiger partial charge in [-0.25, -0.2) is 0 Å². The molecule has 3 nitrogen and oxygen atoms in total. The lowest BCUT2D eigenvalue weighted by atomic mass is 9.87. The van der Waals surface area contributed by atoms with Gasteiger partial charge in [-0.2, -0.15) is 0 Å². The van der Waals surface area contributed by atoms with E-state index in [4.69, 9.17) is 4.74 Å². The van der Waals surface area contributed by atoms with Crippen molar-refractivity contribution in [1.29, 1.82) is 0 Å². The number of nitrogens with one attached hydrogen (secondary N) is 1. The lowest BCUT2D eigenvalue weighted by Gasteiger charge is -2.48. The maximum atomic E-state index is 5.50. The van der Waals surface area contributed by atoms with Gasteiger partial charge in [0.05, 0.1) is 0 Å². The Morgan fingerprint density at radius 2 is 1.95 bits per heavy atom. The van der Waals surface area contributed by atoms with Crippen LogP contribution in [0.25, 0.3) is 0 Å². The molecule has 1 aliphatic heterocycles. The fourth-order valence-electron chi connectivity index (χ4n) is 3.31. The number of hydrogen-bond donors (Lipinski definition) is 1. The standard InChI is InChI=1S/C17H36N2O/c1-6-17(7-2)14-19(10-9-11-20-8-3)16(13-18-17)12-15(4)5/h15-16,18H,6-14H2,1-5H3. The second kappa shape index (κ2) is 9.01.